The van der Waals surface area contributed by atoms with Gasteiger partial charge in [-0.15, -0.1) is 0 Å². The van der Waals surface area contributed by atoms with Gasteiger partial charge in [-0.25, -0.2) is 0 Å². The molecule has 0 aliphatic heterocycles. The number of nitrogens with one attached hydrogen (secondary N) is 1. The lowest BCUT2D eigenvalue weighted by molar-refractivity contribution is 0.0705. The topological polar surface area (TPSA) is 69.4 Å². The number of rotatable bonds is 8. The molecule has 92 valence electrons. The zero-order chi connectivity index (χ0) is 11.8. The number of nitrogen functional groups attached to an aromatic ring is 1. The summed E-state index contributed by atoms with van der Waals surface area (Å²) in [4.78, 5) is 0. The van der Waals surface area contributed by atoms with Crippen molar-refractivity contribution >= 4 is 22.4 Å². The minimum atomic E-state index is 0.615. The Bertz CT molecular complexity index is 304. The Kier molecular flexibility index (Phi) is 6.14. The van der Waals surface area contributed by atoms with E-state index in [-0.39, 0.29) is 0 Å². The van der Waals surface area contributed by atoms with E-state index in [2.05, 4.69) is 9.69 Å². The van der Waals surface area contributed by atoms with Crippen LogP contribution in [0.5, 0.6) is 0 Å². The standard InChI is InChI=1S/C10H19N3O2S/c1-8-9(11)13-16-10(8)12-4-3-5-15-7-6-14-2/h12H,3-7H2,1-2H3,(H2,11,13). The molecule has 0 radical (unpaired) electrons. The van der Waals surface area contributed by atoms with Crippen molar-refractivity contribution in [3.8, 4) is 0 Å². The normalized spacial score (nSPS) is 10.6. The van der Waals surface area contributed by atoms with Crippen molar-refractivity contribution in [1.29, 1.82) is 0 Å². The first-order chi connectivity index (χ1) is 7.75. The number of hydrogen-bond acceptors (Lipinski definition) is 6. The largest absolute Gasteiger partial charge is 0.383 e. The van der Waals surface area contributed by atoms with E-state index in [1.54, 1.807) is 7.11 Å². The second-order valence-electron chi connectivity index (χ2n) is 3.41. The summed E-state index contributed by atoms with van der Waals surface area (Å²) in [6.45, 7) is 4.89. The Morgan fingerprint density at radius 3 is 2.81 bits per heavy atom. The van der Waals surface area contributed by atoms with Crippen LogP contribution in [0.25, 0.3) is 0 Å². The van der Waals surface area contributed by atoms with E-state index >= 15 is 0 Å². The van der Waals surface area contributed by atoms with Gasteiger partial charge in [0, 0.05) is 25.8 Å². The first-order valence-corrected chi connectivity index (χ1v) is 6.05. The lowest BCUT2D eigenvalue weighted by atomic mass is 10.3. The van der Waals surface area contributed by atoms with Gasteiger partial charge < -0.3 is 20.5 Å². The number of nitrogens with two attached hydrogens (primary N) is 1. The number of methoxy groups -OCH3 is 1. The van der Waals surface area contributed by atoms with E-state index in [0.717, 1.165) is 30.1 Å². The molecule has 16 heavy (non-hydrogen) atoms. The van der Waals surface area contributed by atoms with Crippen molar-refractivity contribution in [2.75, 3.05) is 44.5 Å². The maximum Gasteiger partial charge on any atom is 0.142 e. The maximum atomic E-state index is 5.65. The van der Waals surface area contributed by atoms with Crippen LogP contribution in [0.1, 0.15) is 12.0 Å². The molecule has 0 saturated carbocycles. The van der Waals surface area contributed by atoms with Crippen LogP contribution in [-0.4, -0.2) is 37.8 Å². The Morgan fingerprint density at radius 2 is 2.19 bits per heavy atom. The Balaban J connectivity index is 2.05. The number of nitrogens with zero attached hydrogens (tertiary/aromatic N) is 1. The highest BCUT2D eigenvalue weighted by Gasteiger charge is 2.04. The molecular weight excluding hydrogens is 226 g/mol. The molecule has 0 fully saturated rings. The first-order valence-electron chi connectivity index (χ1n) is 5.28. The molecule has 0 amide bonds. The Labute approximate surface area is 100 Å². The lowest BCUT2D eigenvalue weighted by Crippen LogP contribution is -2.08. The van der Waals surface area contributed by atoms with Gasteiger partial charge in [0.25, 0.3) is 0 Å². The van der Waals surface area contributed by atoms with Gasteiger partial charge in [0.2, 0.25) is 0 Å². The quantitative estimate of drug-likeness (QED) is 0.679. The molecule has 1 rings (SSSR count). The first kappa shape index (κ1) is 13.2. The van der Waals surface area contributed by atoms with Crippen LogP contribution in [0.3, 0.4) is 0 Å². The molecule has 0 aromatic carbocycles. The highest BCUT2D eigenvalue weighted by molar-refractivity contribution is 7.10. The third-order valence-corrected chi connectivity index (χ3v) is 3.06. The van der Waals surface area contributed by atoms with Gasteiger partial charge in [-0.2, -0.15) is 4.37 Å². The average Bonchev–Trinajstić information content (AvgIpc) is 2.59. The van der Waals surface area contributed by atoms with Crippen molar-refractivity contribution in [1.82, 2.24) is 4.37 Å². The second-order valence-corrected chi connectivity index (χ2v) is 4.18. The van der Waals surface area contributed by atoms with Crippen molar-refractivity contribution in [2.45, 2.75) is 13.3 Å². The minimum absolute atomic E-state index is 0.615. The van der Waals surface area contributed by atoms with E-state index in [0.29, 0.717) is 19.0 Å². The van der Waals surface area contributed by atoms with E-state index in [4.69, 9.17) is 15.2 Å². The Morgan fingerprint density at radius 1 is 1.38 bits per heavy atom. The smallest absolute Gasteiger partial charge is 0.142 e. The summed E-state index contributed by atoms with van der Waals surface area (Å²) in [6, 6.07) is 0. The summed E-state index contributed by atoms with van der Waals surface area (Å²) in [5.41, 5.74) is 6.68. The van der Waals surface area contributed by atoms with Crippen molar-refractivity contribution < 1.29 is 9.47 Å². The molecule has 0 aliphatic rings. The molecule has 0 spiro atoms. The molecule has 0 aliphatic carbocycles. The van der Waals surface area contributed by atoms with E-state index in [1.807, 2.05) is 6.92 Å². The predicted octanol–water partition coefficient (Wildman–Crippen LogP) is 1.50. The summed E-state index contributed by atoms with van der Waals surface area (Å²) < 4.78 is 14.3. The molecule has 1 aromatic rings. The van der Waals surface area contributed by atoms with E-state index in [9.17, 15) is 0 Å². The molecule has 0 unspecified atom stereocenters. The fourth-order valence-corrected chi connectivity index (χ4v) is 1.87. The molecule has 6 heteroatoms. The molecule has 0 atom stereocenters. The van der Waals surface area contributed by atoms with E-state index in [1.165, 1.54) is 11.5 Å². The van der Waals surface area contributed by atoms with Crippen LogP contribution in [0.15, 0.2) is 0 Å². The third-order valence-electron chi connectivity index (χ3n) is 2.14. The van der Waals surface area contributed by atoms with Gasteiger partial charge in [-0.1, -0.05) is 0 Å². The Hall–Kier alpha value is -0.850. The SMILES string of the molecule is COCCOCCCNc1snc(N)c1C. The summed E-state index contributed by atoms with van der Waals surface area (Å²) in [7, 11) is 1.67. The molecule has 0 bridgehead atoms. The van der Waals surface area contributed by atoms with Gasteiger partial charge in [0.15, 0.2) is 0 Å². The summed E-state index contributed by atoms with van der Waals surface area (Å²) in [5.74, 6) is 0.615. The molecule has 1 heterocycles. The van der Waals surface area contributed by atoms with Crippen molar-refractivity contribution in [3.05, 3.63) is 5.56 Å². The van der Waals surface area contributed by atoms with E-state index < -0.39 is 0 Å². The van der Waals surface area contributed by atoms with Crippen LogP contribution in [0.2, 0.25) is 0 Å². The maximum absolute atomic E-state index is 5.65. The molecule has 0 saturated heterocycles. The molecular formula is C10H19N3O2S. The fourth-order valence-electron chi connectivity index (χ4n) is 1.13. The third kappa shape index (κ3) is 4.34. The molecule has 5 nitrogen and oxygen atoms in total. The summed E-state index contributed by atoms with van der Waals surface area (Å²) >= 11 is 1.40. The zero-order valence-electron chi connectivity index (χ0n) is 9.78. The number of ether oxygens (including phenoxy) is 2. The van der Waals surface area contributed by atoms with Gasteiger partial charge in [0.1, 0.15) is 10.8 Å². The summed E-state index contributed by atoms with van der Waals surface area (Å²) in [6.07, 6.45) is 0.959. The van der Waals surface area contributed by atoms with Crippen molar-refractivity contribution in [3.63, 3.8) is 0 Å². The monoisotopic (exact) mass is 245 g/mol. The second kappa shape index (κ2) is 7.43. The predicted molar refractivity (Wildman–Crippen MR) is 67.1 cm³/mol. The summed E-state index contributed by atoms with van der Waals surface area (Å²) in [5, 5.41) is 4.34. The lowest BCUT2D eigenvalue weighted by Gasteiger charge is -2.05. The van der Waals surface area contributed by atoms with Gasteiger partial charge in [0.05, 0.1) is 13.2 Å². The van der Waals surface area contributed by atoms with Crippen molar-refractivity contribution in [2.24, 2.45) is 0 Å². The van der Waals surface area contributed by atoms with Crippen LogP contribution in [-0.2, 0) is 9.47 Å². The fraction of sp³-hybridized carbons (Fsp3) is 0.700. The van der Waals surface area contributed by atoms with Gasteiger partial charge >= 0.3 is 0 Å². The van der Waals surface area contributed by atoms with Crippen LogP contribution in [0, 0.1) is 6.92 Å². The average molecular weight is 245 g/mol. The molecule has 3 N–H and O–H groups in total. The number of hydrogen-bond donors (Lipinski definition) is 2. The number of anilines is 2. The minimum Gasteiger partial charge on any atom is -0.383 e. The van der Waals surface area contributed by atoms with Crippen LogP contribution >= 0.6 is 11.5 Å². The highest BCUT2D eigenvalue weighted by Crippen LogP contribution is 2.24. The zero-order valence-corrected chi connectivity index (χ0v) is 10.6. The van der Waals surface area contributed by atoms with Crippen LogP contribution < -0.4 is 11.1 Å². The van der Waals surface area contributed by atoms with Gasteiger partial charge in [-0.05, 0) is 24.9 Å². The number of aromatic nitrogens is 1. The highest BCUT2D eigenvalue weighted by atomic mass is 32.1. The van der Waals surface area contributed by atoms with Crippen LogP contribution in [0.4, 0.5) is 10.8 Å². The molecule has 1 aromatic heterocycles. The van der Waals surface area contributed by atoms with Gasteiger partial charge in [-0.3, -0.25) is 0 Å².